The van der Waals surface area contributed by atoms with Gasteiger partial charge in [-0.25, -0.2) is 4.39 Å². The molecule has 1 aliphatic carbocycles. The number of hydrogen-bond donors (Lipinski definition) is 1. The molecule has 0 amide bonds. The van der Waals surface area contributed by atoms with Gasteiger partial charge in [-0.1, -0.05) is 31.2 Å². The Kier molecular flexibility index (Phi) is 9.46. The van der Waals surface area contributed by atoms with Crippen molar-refractivity contribution in [3.8, 4) is 23.1 Å². The molecule has 2 aromatic carbocycles. The van der Waals surface area contributed by atoms with Crippen LogP contribution in [-0.2, 0) is 17.8 Å². The number of carboxylic acids is 1. The van der Waals surface area contributed by atoms with Gasteiger partial charge < -0.3 is 19.3 Å². The number of aromatic nitrogens is 3. The molecule has 35 heavy (non-hydrogen) atoms. The van der Waals surface area contributed by atoms with E-state index in [1.54, 1.807) is 18.2 Å². The number of methoxy groups -OCH3 is 1. The lowest BCUT2D eigenvalue weighted by atomic mass is 10.1. The molecule has 1 N–H and O–H groups in total. The topological polar surface area (TPSA) is 95.7 Å². The van der Waals surface area contributed by atoms with Crippen molar-refractivity contribution >= 4 is 5.97 Å². The zero-order valence-electron chi connectivity index (χ0n) is 20.4. The number of hydrogen-bond acceptors (Lipinski definition) is 6. The molecular weight excluding hydrogens is 453 g/mol. The minimum absolute atomic E-state index is 0.00835. The van der Waals surface area contributed by atoms with Crippen LogP contribution in [-0.4, -0.2) is 39.3 Å². The molecule has 9 heteroatoms. The van der Waals surface area contributed by atoms with Gasteiger partial charge in [-0.05, 0) is 61.9 Å². The monoisotopic (exact) mass is 485 g/mol. The van der Waals surface area contributed by atoms with Crippen LogP contribution >= 0.6 is 0 Å². The molecule has 4 rings (SSSR count). The summed E-state index contributed by atoms with van der Waals surface area (Å²) in [5.41, 5.74) is 1.48. The highest BCUT2D eigenvalue weighted by Gasteiger charge is 2.25. The van der Waals surface area contributed by atoms with Crippen molar-refractivity contribution in [1.82, 2.24) is 15.0 Å². The molecule has 188 valence electrons. The maximum atomic E-state index is 14.6. The lowest BCUT2D eigenvalue weighted by Crippen LogP contribution is -2.16. The SMILES string of the molecule is CC.COc1ccc(F)c(-n2nnc(COc3cccc(CCC(=O)O)c3)c2OC2CCCC2)c1. The number of rotatable bonds is 10. The molecule has 1 heterocycles. The molecule has 3 aromatic rings. The summed E-state index contributed by atoms with van der Waals surface area (Å²) in [6.07, 6.45) is 4.45. The van der Waals surface area contributed by atoms with Crippen molar-refractivity contribution in [1.29, 1.82) is 0 Å². The van der Waals surface area contributed by atoms with Gasteiger partial charge in [0.2, 0.25) is 5.88 Å². The number of nitrogens with zero attached hydrogens (tertiary/aromatic N) is 3. The number of benzene rings is 2. The summed E-state index contributed by atoms with van der Waals surface area (Å²) < 4.78 is 33.4. The Labute approximate surface area is 204 Å². The molecule has 1 fully saturated rings. The first kappa shape index (κ1) is 26.0. The lowest BCUT2D eigenvalue weighted by Gasteiger charge is -2.16. The van der Waals surface area contributed by atoms with E-state index in [-0.39, 0.29) is 24.8 Å². The van der Waals surface area contributed by atoms with Crippen LogP contribution < -0.4 is 14.2 Å². The Morgan fingerprint density at radius 3 is 2.63 bits per heavy atom. The van der Waals surface area contributed by atoms with Crippen LogP contribution in [0, 0.1) is 5.82 Å². The number of halogens is 1. The van der Waals surface area contributed by atoms with Gasteiger partial charge >= 0.3 is 5.97 Å². The predicted molar refractivity (Wildman–Crippen MR) is 129 cm³/mol. The predicted octanol–water partition coefficient (Wildman–Crippen LogP) is 5.36. The van der Waals surface area contributed by atoms with Crippen LogP contribution in [0.25, 0.3) is 5.69 Å². The molecule has 0 atom stereocenters. The average Bonchev–Trinajstić information content (AvgIpc) is 3.54. The molecule has 8 nitrogen and oxygen atoms in total. The summed E-state index contributed by atoms with van der Waals surface area (Å²) in [7, 11) is 1.51. The molecule has 0 aliphatic heterocycles. The minimum Gasteiger partial charge on any atom is -0.497 e. The molecule has 0 radical (unpaired) electrons. The van der Waals surface area contributed by atoms with Gasteiger partial charge in [-0.15, -0.1) is 5.10 Å². The second kappa shape index (κ2) is 12.7. The smallest absolute Gasteiger partial charge is 0.303 e. The third-order valence-corrected chi connectivity index (χ3v) is 5.56. The van der Waals surface area contributed by atoms with Crippen molar-refractivity contribution in [2.75, 3.05) is 7.11 Å². The number of ether oxygens (including phenoxy) is 3. The minimum atomic E-state index is -0.851. The number of carboxylic acid groups (broad SMARTS) is 1. The van der Waals surface area contributed by atoms with Crippen LogP contribution in [0.2, 0.25) is 0 Å². The maximum Gasteiger partial charge on any atom is 0.303 e. The Balaban J connectivity index is 0.00000167. The van der Waals surface area contributed by atoms with Gasteiger partial charge in [-0.2, -0.15) is 4.68 Å². The molecular formula is C26H32FN3O5. The van der Waals surface area contributed by atoms with Crippen molar-refractivity contribution in [2.24, 2.45) is 0 Å². The summed E-state index contributed by atoms with van der Waals surface area (Å²) >= 11 is 0. The van der Waals surface area contributed by atoms with Crippen LogP contribution in [0.1, 0.15) is 57.2 Å². The largest absolute Gasteiger partial charge is 0.497 e. The number of aryl methyl sites for hydroxylation is 1. The normalized spacial score (nSPS) is 13.1. The first-order valence-corrected chi connectivity index (χ1v) is 11.9. The van der Waals surface area contributed by atoms with Gasteiger partial charge in [0, 0.05) is 12.5 Å². The quantitative estimate of drug-likeness (QED) is 0.413. The van der Waals surface area contributed by atoms with Crippen molar-refractivity contribution < 1.29 is 28.5 Å². The van der Waals surface area contributed by atoms with E-state index in [1.807, 2.05) is 26.0 Å². The Morgan fingerprint density at radius 1 is 1.14 bits per heavy atom. The molecule has 0 unspecified atom stereocenters. The molecule has 1 saturated carbocycles. The number of carbonyl (C=O) groups is 1. The first-order valence-electron chi connectivity index (χ1n) is 11.9. The van der Waals surface area contributed by atoms with Gasteiger partial charge in [0.1, 0.15) is 35.7 Å². The highest BCUT2D eigenvalue weighted by Crippen LogP contribution is 2.30. The van der Waals surface area contributed by atoms with E-state index in [4.69, 9.17) is 19.3 Å². The van der Waals surface area contributed by atoms with Crippen LogP contribution in [0.3, 0.4) is 0 Å². The van der Waals surface area contributed by atoms with E-state index in [0.717, 1.165) is 31.2 Å². The summed E-state index contributed by atoms with van der Waals surface area (Å²) in [5.74, 6) is 0.0829. The molecule has 0 bridgehead atoms. The van der Waals surface area contributed by atoms with E-state index in [2.05, 4.69) is 10.3 Å². The Hall–Kier alpha value is -3.62. The van der Waals surface area contributed by atoms with Crippen molar-refractivity contribution in [3.63, 3.8) is 0 Å². The van der Waals surface area contributed by atoms with Gasteiger partial charge in [-0.3, -0.25) is 4.79 Å². The van der Waals surface area contributed by atoms with E-state index < -0.39 is 11.8 Å². The van der Waals surface area contributed by atoms with E-state index in [9.17, 15) is 9.18 Å². The van der Waals surface area contributed by atoms with Gasteiger partial charge in [0.15, 0.2) is 5.69 Å². The fourth-order valence-electron chi connectivity index (χ4n) is 3.81. The van der Waals surface area contributed by atoms with Crippen LogP contribution in [0.15, 0.2) is 42.5 Å². The first-order chi connectivity index (χ1) is 17.0. The van der Waals surface area contributed by atoms with Gasteiger partial charge in [0.05, 0.1) is 7.11 Å². The van der Waals surface area contributed by atoms with E-state index in [1.165, 1.54) is 23.9 Å². The third-order valence-electron chi connectivity index (χ3n) is 5.56. The molecule has 1 aromatic heterocycles. The maximum absolute atomic E-state index is 14.6. The van der Waals surface area contributed by atoms with Gasteiger partial charge in [0.25, 0.3) is 0 Å². The molecule has 1 aliphatic rings. The highest BCUT2D eigenvalue weighted by atomic mass is 19.1. The highest BCUT2D eigenvalue weighted by molar-refractivity contribution is 5.67. The van der Waals surface area contributed by atoms with Crippen LogP contribution in [0.5, 0.6) is 17.4 Å². The molecule has 0 spiro atoms. The fraction of sp³-hybridized carbons (Fsp3) is 0.423. The summed E-state index contributed by atoms with van der Waals surface area (Å²) in [6.45, 7) is 4.07. The standard InChI is InChI=1S/C24H26FN3O5.C2H6/c1-31-18-10-11-20(25)22(14-18)28-24(33-17-6-2-3-7-17)21(26-27-28)15-32-19-8-4-5-16(13-19)9-12-23(29)30;1-2/h4-5,8,10-11,13-14,17H,2-3,6-7,9,12,15H2,1H3,(H,29,30);1-2H3. The van der Waals surface area contributed by atoms with E-state index >= 15 is 0 Å². The van der Waals surface area contributed by atoms with E-state index in [0.29, 0.717) is 29.5 Å². The Bertz CT molecular complexity index is 1110. The number of aliphatic carboxylic acids is 1. The summed E-state index contributed by atoms with van der Waals surface area (Å²) in [4.78, 5) is 10.8. The fourth-order valence-corrected chi connectivity index (χ4v) is 3.81. The van der Waals surface area contributed by atoms with Crippen molar-refractivity contribution in [3.05, 3.63) is 59.5 Å². The van der Waals surface area contributed by atoms with Crippen molar-refractivity contribution in [2.45, 2.75) is 65.1 Å². The summed E-state index contributed by atoms with van der Waals surface area (Å²) in [5, 5.41) is 17.2. The lowest BCUT2D eigenvalue weighted by molar-refractivity contribution is -0.136. The van der Waals surface area contributed by atoms with Crippen LogP contribution in [0.4, 0.5) is 4.39 Å². The second-order valence-corrected chi connectivity index (χ2v) is 7.92. The zero-order valence-corrected chi connectivity index (χ0v) is 20.4. The molecule has 0 saturated heterocycles. The average molecular weight is 486 g/mol. The summed E-state index contributed by atoms with van der Waals surface area (Å²) in [6, 6.07) is 11.6. The third kappa shape index (κ3) is 6.94. The Morgan fingerprint density at radius 2 is 1.91 bits per heavy atom. The second-order valence-electron chi connectivity index (χ2n) is 7.92. The zero-order chi connectivity index (χ0) is 25.2.